The molecule has 23 heavy (non-hydrogen) atoms. The van der Waals surface area contributed by atoms with Crippen LogP contribution in [0.4, 0.5) is 0 Å². The fraction of sp³-hybridized carbons (Fsp3) is 0.556. The Labute approximate surface area is 137 Å². The number of aromatic hydroxyl groups is 1. The molecule has 126 valence electrons. The third kappa shape index (κ3) is 3.66. The minimum Gasteiger partial charge on any atom is -0.507 e. The van der Waals surface area contributed by atoms with E-state index in [2.05, 4.69) is 0 Å². The van der Waals surface area contributed by atoms with Gasteiger partial charge in [0.2, 0.25) is 0 Å². The average molecular weight is 319 g/mol. The molecule has 1 aromatic carbocycles. The summed E-state index contributed by atoms with van der Waals surface area (Å²) in [5.74, 6) is -0.952. The molecular formula is C18H25NO4. The molecular weight excluding hydrogens is 294 g/mol. The quantitative estimate of drug-likeness (QED) is 0.870. The predicted molar refractivity (Wildman–Crippen MR) is 87.3 cm³/mol. The van der Waals surface area contributed by atoms with Gasteiger partial charge in [-0.3, -0.25) is 4.79 Å². The molecule has 1 saturated heterocycles. The third-order valence-corrected chi connectivity index (χ3v) is 4.54. The predicted octanol–water partition coefficient (Wildman–Crippen LogP) is 3.04. The zero-order valence-corrected chi connectivity index (χ0v) is 14.2. The van der Waals surface area contributed by atoms with Gasteiger partial charge in [0.25, 0.3) is 5.91 Å². The molecule has 1 fully saturated rings. The number of benzene rings is 1. The van der Waals surface area contributed by atoms with E-state index >= 15 is 0 Å². The van der Waals surface area contributed by atoms with Crippen LogP contribution in [0, 0.1) is 6.92 Å². The summed E-state index contributed by atoms with van der Waals surface area (Å²) in [6.07, 6.45) is 2.17. The molecule has 0 radical (unpaired) electrons. The number of likely N-dealkylation sites (tertiary alicyclic amines) is 1. The summed E-state index contributed by atoms with van der Waals surface area (Å²) in [5.41, 5.74) is 0.682. The van der Waals surface area contributed by atoms with Gasteiger partial charge in [0.15, 0.2) is 6.10 Å². The van der Waals surface area contributed by atoms with Crippen molar-refractivity contribution in [3.8, 4) is 5.75 Å². The Kier molecular flexibility index (Phi) is 5.29. The molecule has 5 heteroatoms. The zero-order valence-electron chi connectivity index (χ0n) is 14.2. The minimum absolute atomic E-state index is 0.0874. The van der Waals surface area contributed by atoms with Crippen molar-refractivity contribution in [3.05, 3.63) is 29.3 Å². The normalized spacial score (nSPS) is 22.5. The molecule has 0 spiro atoms. The van der Waals surface area contributed by atoms with Crippen molar-refractivity contribution in [1.29, 1.82) is 0 Å². The van der Waals surface area contributed by atoms with E-state index in [9.17, 15) is 14.7 Å². The Hall–Kier alpha value is -2.04. The fourth-order valence-corrected chi connectivity index (χ4v) is 3.16. The second kappa shape index (κ2) is 7.02. The molecule has 2 rings (SSSR count). The molecule has 3 atom stereocenters. The Morgan fingerprint density at radius 1 is 1.26 bits per heavy atom. The third-order valence-electron chi connectivity index (χ3n) is 4.54. The molecule has 0 unspecified atom stereocenters. The van der Waals surface area contributed by atoms with Gasteiger partial charge < -0.3 is 14.7 Å². The van der Waals surface area contributed by atoms with Crippen molar-refractivity contribution in [1.82, 2.24) is 4.90 Å². The first kappa shape index (κ1) is 17.3. The van der Waals surface area contributed by atoms with E-state index in [0.29, 0.717) is 5.56 Å². The molecule has 1 aliphatic heterocycles. The Bertz CT molecular complexity index is 589. The number of nitrogens with zero attached hydrogens (tertiary/aromatic N) is 1. The average Bonchev–Trinajstić information content (AvgIpc) is 2.49. The molecule has 1 amide bonds. The number of hydrogen-bond acceptors (Lipinski definition) is 4. The summed E-state index contributed by atoms with van der Waals surface area (Å²) < 4.78 is 5.29. The molecule has 1 aliphatic rings. The van der Waals surface area contributed by atoms with Crippen LogP contribution in [-0.4, -0.2) is 40.1 Å². The van der Waals surface area contributed by atoms with Gasteiger partial charge >= 0.3 is 5.97 Å². The SMILES string of the molecule is Cc1cccc(C(=O)O[C@@H](C)C(=O)N2[C@@H](C)CCC[C@@H]2C)c1O. The van der Waals surface area contributed by atoms with Crippen LogP contribution >= 0.6 is 0 Å². The van der Waals surface area contributed by atoms with E-state index in [1.807, 2.05) is 18.7 Å². The standard InChI is InChI=1S/C18H25NO4/c1-11-7-5-10-15(16(11)20)18(22)23-14(4)17(21)19-12(2)8-6-9-13(19)3/h5,7,10,12-14,20H,6,8-9H2,1-4H3/t12-,13-,14-/m0/s1. The van der Waals surface area contributed by atoms with E-state index in [0.717, 1.165) is 19.3 Å². The Balaban J connectivity index is 2.08. The van der Waals surface area contributed by atoms with Crippen LogP contribution in [0.25, 0.3) is 0 Å². The summed E-state index contributed by atoms with van der Waals surface area (Å²) in [6, 6.07) is 5.18. The molecule has 0 bridgehead atoms. The van der Waals surface area contributed by atoms with Crippen molar-refractivity contribution in [2.75, 3.05) is 0 Å². The monoisotopic (exact) mass is 319 g/mol. The topological polar surface area (TPSA) is 66.8 Å². The number of piperidine rings is 1. The van der Waals surface area contributed by atoms with E-state index in [-0.39, 0.29) is 29.3 Å². The molecule has 1 aromatic rings. The first-order valence-corrected chi connectivity index (χ1v) is 8.14. The first-order chi connectivity index (χ1) is 10.8. The van der Waals surface area contributed by atoms with Crippen molar-refractivity contribution >= 4 is 11.9 Å². The summed E-state index contributed by atoms with van der Waals surface area (Å²) in [5, 5.41) is 9.96. The number of phenols is 1. The lowest BCUT2D eigenvalue weighted by Crippen LogP contribution is -2.51. The number of para-hydroxylation sites is 1. The maximum absolute atomic E-state index is 12.6. The largest absolute Gasteiger partial charge is 0.507 e. The van der Waals surface area contributed by atoms with Crippen LogP contribution in [0.5, 0.6) is 5.75 Å². The number of rotatable bonds is 3. The smallest absolute Gasteiger partial charge is 0.342 e. The minimum atomic E-state index is -0.870. The van der Waals surface area contributed by atoms with Crippen LogP contribution < -0.4 is 0 Å². The van der Waals surface area contributed by atoms with Crippen LogP contribution in [0.15, 0.2) is 18.2 Å². The molecule has 1 N–H and O–H groups in total. The summed E-state index contributed by atoms with van der Waals surface area (Å²) in [6.45, 7) is 7.34. The number of ether oxygens (including phenoxy) is 1. The van der Waals surface area contributed by atoms with Crippen molar-refractivity contribution in [3.63, 3.8) is 0 Å². The van der Waals surface area contributed by atoms with Crippen LogP contribution in [0.2, 0.25) is 0 Å². The highest BCUT2D eigenvalue weighted by Crippen LogP contribution is 2.25. The van der Waals surface area contributed by atoms with E-state index in [1.165, 1.54) is 6.07 Å². The van der Waals surface area contributed by atoms with E-state index in [1.54, 1.807) is 26.0 Å². The van der Waals surface area contributed by atoms with Gasteiger partial charge in [0, 0.05) is 12.1 Å². The Morgan fingerprint density at radius 3 is 2.48 bits per heavy atom. The number of amides is 1. The molecule has 0 aromatic heterocycles. The van der Waals surface area contributed by atoms with Crippen LogP contribution in [0.1, 0.15) is 56.0 Å². The number of aryl methyl sites for hydroxylation is 1. The number of hydrogen-bond donors (Lipinski definition) is 1. The van der Waals surface area contributed by atoms with Crippen LogP contribution in [-0.2, 0) is 9.53 Å². The van der Waals surface area contributed by atoms with Crippen LogP contribution in [0.3, 0.4) is 0 Å². The lowest BCUT2D eigenvalue weighted by Gasteiger charge is -2.40. The number of esters is 1. The maximum atomic E-state index is 12.6. The van der Waals surface area contributed by atoms with Gasteiger partial charge in [-0.25, -0.2) is 4.79 Å². The van der Waals surface area contributed by atoms with Gasteiger partial charge in [-0.1, -0.05) is 12.1 Å². The van der Waals surface area contributed by atoms with Crippen molar-refractivity contribution in [2.24, 2.45) is 0 Å². The molecule has 0 saturated carbocycles. The molecule has 5 nitrogen and oxygen atoms in total. The van der Waals surface area contributed by atoms with Gasteiger partial charge in [-0.15, -0.1) is 0 Å². The Morgan fingerprint density at radius 2 is 1.87 bits per heavy atom. The van der Waals surface area contributed by atoms with Crippen molar-refractivity contribution in [2.45, 2.75) is 65.1 Å². The fourth-order valence-electron chi connectivity index (χ4n) is 3.16. The van der Waals surface area contributed by atoms with E-state index in [4.69, 9.17) is 4.74 Å². The van der Waals surface area contributed by atoms with Gasteiger partial charge in [0.1, 0.15) is 11.3 Å². The van der Waals surface area contributed by atoms with Gasteiger partial charge in [-0.05, 0) is 58.6 Å². The van der Waals surface area contributed by atoms with Gasteiger partial charge in [-0.2, -0.15) is 0 Å². The highest BCUT2D eigenvalue weighted by Gasteiger charge is 2.33. The summed E-state index contributed by atoms with van der Waals surface area (Å²) >= 11 is 0. The summed E-state index contributed by atoms with van der Waals surface area (Å²) in [7, 11) is 0. The number of carbonyl (C=O) groups is 2. The lowest BCUT2D eigenvalue weighted by atomic mass is 9.97. The second-order valence-electron chi connectivity index (χ2n) is 6.39. The summed E-state index contributed by atoms with van der Waals surface area (Å²) in [4.78, 5) is 26.7. The number of phenolic OH excluding ortho intramolecular Hbond substituents is 1. The molecule has 0 aliphatic carbocycles. The number of carbonyl (C=O) groups excluding carboxylic acids is 2. The van der Waals surface area contributed by atoms with E-state index < -0.39 is 12.1 Å². The lowest BCUT2D eigenvalue weighted by molar-refractivity contribution is -0.146. The van der Waals surface area contributed by atoms with Crippen molar-refractivity contribution < 1.29 is 19.4 Å². The second-order valence-corrected chi connectivity index (χ2v) is 6.39. The van der Waals surface area contributed by atoms with Gasteiger partial charge in [0.05, 0.1) is 0 Å². The zero-order chi connectivity index (χ0) is 17.1. The highest BCUT2D eigenvalue weighted by atomic mass is 16.5. The molecule has 1 heterocycles. The maximum Gasteiger partial charge on any atom is 0.342 e. The first-order valence-electron chi connectivity index (χ1n) is 8.14. The highest BCUT2D eigenvalue weighted by molar-refractivity contribution is 5.95.